The molecule has 0 unspecified atom stereocenters. The van der Waals surface area contributed by atoms with Gasteiger partial charge in [0.25, 0.3) is 11.6 Å². The van der Waals surface area contributed by atoms with Crippen LogP contribution in [0.15, 0.2) is 40.3 Å². The van der Waals surface area contributed by atoms with Crippen molar-refractivity contribution in [2.75, 3.05) is 5.32 Å². The Morgan fingerprint density at radius 1 is 1.24 bits per heavy atom. The van der Waals surface area contributed by atoms with Gasteiger partial charge < -0.3 is 9.73 Å². The van der Waals surface area contributed by atoms with Gasteiger partial charge in [-0.05, 0) is 50.3 Å². The van der Waals surface area contributed by atoms with E-state index in [1.165, 1.54) is 23.5 Å². The summed E-state index contributed by atoms with van der Waals surface area (Å²) in [5, 5.41) is 33.5. The molecule has 3 aromatic rings. The topological polar surface area (TPSA) is 133 Å². The van der Waals surface area contributed by atoms with Gasteiger partial charge in [-0.1, -0.05) is 12.1 Å². The van der Waals surface area contributed by atoms with E-state index in [0.29, 0.717) is 27.5 Å². The number of nitro groups is 1. The molecule has 1 aliphatic rings. The summed E-state index contributed by atoms with van der Waals surface area (Å²) in [6.45, 7) is 1.63. The summed E-state index contributed by atoms with van der Waals surface area (Å²) in [4.78, 5) is 24.6. The molecule has 164 valence electrons. The smallest absolute Gasteiger partial charge is 0.273 e. The number of rotatable bonds is 5. The maximum atomic E-state index is 12.8. The van der Waals surface area contributed by atoms with Gasteiger partial charge in [-0.2, -0.15) is 10.5 Å². The Morgan fingerprint density at radius 3 is 2.76 bits per heavy atom. The normalized spacial score (nSPS) is 13.0. The highest BCUT2D eigenvalue weighted by Gasteiger charge is 2.23. The fourth-order valence-electron chi connectivity index (χ4n) is 3.90. The zero-order valence-electron chi connectivity index (χ0n) is 17.7. The Bertz CT molecular complexity index is 1380. The quantitative estimate of drug-likeness (QED) is 0.232. The Labute approximate surface area is 193 Å². The number of carbonyl (C=O) groups is 1. The van der Waals surface area contributed by atoms with Crippen LogP contribution in [-0.4, -0.2) is 10.8 Å². The summed E-state index contributed by atoms with van der Waals surface area (Å²) < 4.78 is 5.75. The van der Waals surface area contributed by atoms with Crippen molar-refractivity contribution in [2.45, 2.75) is 32.6 Å². The van der Waals surface area contributed by atoms with Crippen LogP contribution in [0.5, 0.6) is 0 Å². The first kappa shape index (κ1) is 22.0. The second-order valence-corrected chi connectivity index (χ2v) is 8.66. The molecule has 0 fully saturated rings. The highest BCUT2D eigenvalue weighted by Crippen LogP contribution is 2.38. The zero-order chi connectivity index (χ0) is 23.5. The van der Waals surface area contributed by atoms with Crippen LogP contribution in [0, 0.1) is 39.7 Å². The molecule has 1 aromatic carbocycles. The first-order valence-electron chi connectivity index (χ1n) is 10.2. The number of nitrogens with one attached hydrogen (secondary N) is 1. The largest absolute Gasteiger partial charge is 0.457 e. The molecule has 2 heterocycles. The number of hydrogen-bond acceptors (Lipinski definition) is 7. The molecule has 0 bridgehead atoms. The molecule has 1 amide bonds. The minimum atomic E-state index is -0.628. The fourth-order valence-corrected chi connectivity index (χ4v) is 5.13. The van der Waals surface area contributed by atoms with Crippen molar-refractivity contribution >= 4 is 34.0 Å². The zero-order valence-corrected chi connectivity index (χ0v) is 18.5. The van der Waals surface area contributed by atoms with Crippen molar-refractivity contribution < 1.29 is 14.1 Å². The van der Waals surface area contributed by atoms with E-state index < -0.39 is 10.8 Å². The van der Waals surface area contributed by atoms with Crippen molar-refractivity contribution in [3.8, 4) is 23.5 Å². The molecule has 0 saturated heterocycles. The van der Waals surface area contributed by atoms with E-state index in [2.05, 4.69) is 11.4 Å². The monoisotopic (exact) mass is 458 g/mol. The van der Waals surface area contributed by atoms with Crippen LogP contribution in [0.4, 0.5) is 10.7 Å². The number of anilines is 1. The molecular formula is C24H18N4O4S. The summed E-state index contributed by atoms with van der Waals surface area (Å²) >= 11 is 1.39. The number of nitrogens with zero attached hydrogens (tertiary/aromatic N) is 3. The van der Waals surface area contributed by atoms with Gasteiger partial charge in [-0.15, -0.1) is 11.3 Å². The lowest BCUT2D eigenvalue weighted by molar-refractivity contribution is -0.385. The Balaban J connectivity index is 1.59. The molecule has 4 rings (SSSR count). The van der Waals surface area contributed by atoms with E-state index in [9.17, 15) is 25.4 Å². The summed E-state index contributed by atoms with van der Waals surface area (Å²) in [5.41, 5.74) is 2.27. The Morgan fingerprint density at radius 2 is 2.03 bits per heavy atom. The predicted octanol–water partition coefficient (Wildman–Crippen LogP) is 5.52. The number of thiophene rings is 1. The Kier molecular flexibility index (Phi) is 6.07. The van der Waals surface area contributed by atoms with Gasteiger partial charge in [0.2, 0.25) is 0 Å². The molecule has 0 saturated carbocycles. The van der Waals surface area contributed by atoms with E-state index in [1.807, 2.05) is 6.07 Å². The average Bonchev–Trinajstić information content (AvgIpc) is 3.41. The summed E-state index contributed by atoms with van der Waals surface area (Å²) in [6.07, 6.45) is 5.08. The molecular weight excluding hydrogens is 440 g/mol. The Hall–Kier alpha value is -4.21. The van der Waals surface area contributed by atoms with Crippen LogP contribution >= 0.6 is 11.3 Å². The summed E-state index contributed by atoms with van der Waals surface area (Å²) in [5.74, 6) is 0.0171. The van der Waals surface area contributed by atoms with Crippen molar-refractivity contribution in [1.82, 2.24) is 0 Å². The molecule has 2 aromatic heterocycles. The lowest BCUT2D eigenvalue weighted by atomic mass is 9.96. The van der Waals surface area contributed by atoms with Crippen LogP contribution in [0.25, 0.3) is 17.4 Å². The second kappa shape index (κ2) is 9.11. The average molecular weight is 458 g/mol. The number of amides is 1. The van der Waals surface area contributed by atoms with Crippen molar-refractivity contribution in [1.29, 1.82) is 10.5 Å². The molecule has 0 spiro atoms. The van der Waals surface area contributed by atoms with Gasteiger partial charge in [0, 0.05) is 28.1 Å². The van der Waals surface area contributed by atoms with E-state index in [1.54, 1.807) is 31.2 Å². The summed E-state index contributed by atoms with van der Waals surface area (Å²) in [7, 11) is 0. The molecule has 8 nitrogen and oxygen atoms in total. The van der Waals surface area contributed by atoms with Crippen LogP contribution in [-0.2, 0) is 17.6 Å². The second-order valence-electron chi connectivity index (χ2n) is 7.56. The van der Waals surface area contributed by atoms with E-state index >= 15 is 0 Å². The van der Waals surface area contributed by atoms with Crippen LogP contribution in [0.1, 0.15) is 40.2 Å². The molecule has 33 heavy (non-hydrogen) atoms. The van der Waals surface area contributed by atoms with Gasteiger partial charge in [-0.25, -0.2) is 0 Å². The number of furan rings is 1. The molecule has 9 heteroatoms. The molecule has 1 aliphatic carbocycles. The summed E-state index contributed by atoms with van der Waals surface area (Å²) in [6, 6.07) is 12.0. The third kappa shape index (κ3) is 4.27. The first-order valence-corrected chi connectivity index (χ1v) is 11.1. The number of hydrogen-bond donors (Lipinski definition) is 1. The van der Waals surface area contributed by atoms with Crippen LogP contribution in [0.3, 0.4) is 0 Å². The highest BCUT2D eigenvalue weighted by molar-refractivity contribution is 7.16. The van der Waals surface area contributed by atoms with Gasteiger partial charge in [0.15, 0.2) is 0 Å². The number of benzene rings is 1. The lowest BCUT2D eigenvalue weighted by Gasteiger charge is -2.09. The fraction of sp³-hybridized carbons (Fsp3) is 0.208. The first-order chi connectivity index (χ1) is 15.9. The molecule has 1 N–H and O–H groups in total. The van der Waals surface area contributed by atoms with E-state index in [-0.39, 0.29) is 17.0 Å². The van der Waals surface area contributed by atoms with Gasteiger partial charge >= 0.3 is 0 Å². The molecule has 0 radical (unpaired) electrons. The SMILES string of the molecule is Cc1c(-c2ccc(/C=C(\C#N)C(=O)Nc3sc4c(c3C#N)CCCC4)o2)cccc1[N+](=O)[O-]. The minimum Gasteiger partial charge on any atom is -0.457 e. The van der Waals surface area contributed by atoms with Gasteiger partial charge in [-0.3, -0.25) is 14.9 Å². The third-order valence-electron chi connectivity index (χ3n) is 5.56. The maximum Gasteiger partial charge on any atom is 0.273 e. The number of carbonyl (C=O) groups excluding carboxylic acids is 1. The maximum absolute atomic E-state index is 12.8. The highest BCUT2D eigenvalue weighted by atomic mass is 32.1. The number of nitro benzene ring substituents is 1. The van der Waals surface area contributed by atoms with E-state index in [0.717, 1.165) is 36.1 Å². The van der Waals surface area contributed by atoms with Crippen molar-refractivity contribution in [2.24, 2.45) is 0 Å². The van der Waals surface area contributed by atoms with Crippen LogP contribution in [0.2, 0.25) is 0 Å². The van der Waals surface area contributed by atoms with Gasteiger partial charge in [0.05, 0.1) is 10.5 Å². The van der Waals surface area contributed by atoms with E-state index in [4.69, 9.17) is 4.42 Å². The predicted molar refractivity (Wildman–Crippen MR) is 123 cm³/mol. The van der Waals surface area contributed by atoms with Gasteiger partial charge in [0.1, 0.15) is 34.2 Å². The number of fused-ring (bicyclic) bond motifs is 1. The number of aryl methyl sites for hydroxylation is 1. The molecule has 0 atom stereocenters. The van der Waals surface area contributed by atoms with Crippen molar-refractivity contribution in [3.63, 3.8) is 0 Å². The molecule has 0 aliphatic heterocycles. The third-order valence-corrected chi connectivity index (χ3v) is 6.76. The standard InChI is InChI=1S/C24H18N4O4S/c1-14-17(6-4-7-20(14)28(30)31)21-10-9-16(32-21)11-15(12-25)23(29)27-24-19(13-26)18-5-2-3-8-22(18)33-24/h4,6-7,9-11H,2-3,5,8H2,1H3,(H,27,29)/b15-11+. The number of nitriles is 2. The van der Waals surface area contributed by atoms with Crippen LogP contribution < -0.4 is 5.32 Å². The minimum absolute atomic E-state index is 0.0231. The van der Waals surface area contributed by atoms with Crippen molar-refractivity contribution in [3.05, 3.63) is 73.3 Å². The lowest BCUT2D eigenvalue weighted by Crippen LogP contribution is -2.13.